The van der Waals surface area contributed by atoms with Crippen LogP contribution in [0.4, 0.5) is 0 Å². The van der Waals surface area contributed by atoms with Crippen LogP contribution in [-0.4, -0.2) is 0 Å². The fourth-order valence-electron chi connectivity index (χ4n) is 7.00. The molecule has 182 valence electrons. The molecule has 0 spiro atoms. The molecule has 0 radical (unpaired) electrons. The van der Waals surface area contributed by atoms with E-state index in [1.165, 1.54) is 76.2 Å². The first-order valence-corrected chi connectivity index (χ1v) is 14.5. The molecular formula is C33H50. The van der Waals surface area contributed by atoms with Crippen molar-refractivity contribution in [1.82, 2.24) is 0 Å². The van der Waals surface area contributed by atoms with Gasteiger partial charge in [-0.1, -0.05) is 104 Å². The fourth-order valence-corrected chi connectivity index (χ4v) is 7.00. The first-order valence-electron chi connectivity index (χ1n) is 14.5. The Kier molecular flexibility index (Phi) is 8.24. The summed E-state index contributed by atoms with van der Waals surface area (Å²) in [5, 5.41) is 0. The molecule has 2 saturated carbocycles. The van der Waals surface area contributed by atoms with Crippen molar-refractivity contribution in [3.8, 4) is 0 Å². The van der Waals surface area contributed by atoms with Gasteiger partial charge in [0.2, 0.25) is 0 Å². The topological polar surface area (TPSA) is 0 Å². The third-order valence-electron chi connectivity index (χ3n) is 8.94. The van der Waals surface area contributed by atoms with Crippen LogP contribution in [0.1, 0.15) is 158 Å². The highest BCUT2D eigenvalue weighted by atomic mass is 14.4. The molecular weight excluding hydrogens is 396 g/mol. The van der Waals surface area contributed by atoms with Crippen molar-refractivity contribution in [3.05, 3.63) is 57.7 Å². The molecule has 0 unspecified atom stereocenters. The van der Waals surface area contributed by atoms with Gasteiger partial charge in [-0.3, -0.25) is 0 Å². The zero-order chi connectivity index (χ0) is 23.5. The van der Waals surface area contributed by atoms with Gasteiger partial charge in [-0.2, -0.15) is 0 Å². The van der Waals surface area contributed by atoms with Crippen molar-refractivity contribution in [2.24, 2.45) is 11.8 Å². The van der Waals surface area contributed by atoms with E-state index in [-0.39, 0.29) is 0 Å². The predicted molar refractivity (Wildman–Crippen MR) is 145 cm³/mol. The van der Waals surface area contributed by atoms with Crippen LogP contribution in [0.15, 0.2) is 35.4 Å². The van der Waals surface area contributed by atoms with E-state index in [2.05, 4.69) is 65.8 Å². The van der Waals surface area contributed by atoms with Crippen LogP contribution >= 0.6 is 0 Å². The van der Waals surface area contributed by atoms with E-state index in [9.17, 15) is 0 Å². The summed E-state index contributed by atoms with van der Waals surface area (Å²) in [6.07, 6.45) is 21.1. The molecule has 4 rings (SSSR count). The lowest BCUT2D eigenvalue weighted by Gasteiger charge is -2.36. The minimum Gasteiger partial charge on any atom is -0.0798 e. The van der Waals surface area contributed by atoms with E-state index in [4.69, 9.17) is 0 Å². The predicted octanol–water partition coefficient (Wildman–Crippen LogP) is 10.6. The summed E-state index contributed by atoms with van der Waals surface area (Å²) in [4.78, 5) is 0. The highest BCUT2D eigenvalue weighted by molar-refractivity contribution is 5.51. The highest BCUT2D eigenvalue weighted by Crippen LogP contribution is 2.47. The Balaban J connectivity index is 1.78. The van der Waals surface area contributed by atoms with Gasteiger partial charge >= 0.3 is 0 Å². The normalized spacial score (nSPS) is 23.4. The highest BCUT2D eigenvalue weighted by Gasteiger charge is 2.31. The van der Waals surface area contributed by atoms with Crippen molar-refractivity contribution >= 4 is 0 Å². The Morgan fingerprint density at radius 3 is 1.55 bits per heavy atom. The molecule has 3 aliphatic rings. The maximum Gasteiger partial charge on any atom is 0.00643 e. The molecule has 0 saturated heterocycles. The van der Waals surface area contributed by atoms with Crippen LogP contribution in [0, 0.1) is 11.8 Å². The molecule has 0 N–H and O–H groups in total. The van der Waals surface area contributed by atoms with Gasteiger partial charge in [0.25, 0.3) is 0 Å². The summed E-state index contributed by atoms with van der Waals surface area (Å²) in [6, 6.07) is 5.12. The summed E-state index contributed by atoms with van der Waals surface area (Å²) >= 11 is 0. The lowest BCUT2D eigenvalue weighted by Crippen LogP contribution is -2.21. The molecule has 1 atom stereocenters. The number of hydrogen-bond acceptors (Lipinski definition) is 0. The molecule has 3 aliphatic carbocycles. The first kappa shape index (κ1) is 24.8. The van der Waals surface area contributed by atoms with Crippen molar-refractivity contribution in [3.63, 3.8) is 0 Å². The Morgan fingerprint density at radius 1 is 0.606 bits per heavy atom. The smallest absolute Gasteiger partial charge is 0.00643 e. The average molecular weight is 447 g/mol. The maximum atomic E-state index is 2.81. The molecule has 0 aliphatic heterocycles. The zero-order valence-electron chi connectivity index (χ0n) is 22.6. The lowest BCUT2D eigenvalue weighted by atomic mass is 9.68. The Labute approximate surface area is 205 Å². The van der Waals surface area contributed by atoms with E-state index in [0.717, 1.165) is 11.8 Å². The van der Waals surface area contributed by atoms with Crippen LogP contribution in [0.25, 0.3) is 0 Å². The fraction of sp³-hybridized carbons (Fsp3) is 0.697. The van der Waals surface area contributed by atoms with Gasteiger partial charge in [0.15, 0.2) is 0 Å². The van der Waals surface area contributed by atoms with Crippen molar-refractivity contribution in [2.75, 3.05) is 0 Å². The first-order chi connectivity index (χ1) is 15.9. The minimum atomic E-state index is 0.560. The number of hydrogen-bond donors (Lipinski definition) is 0. The van der Waals surface area contributed by atoms with Crippen LogP contribution in [0.2, 0.25) is 0 Å². The Bertz CT molecular complexity index is 821. The minimum absolute atomic E-state index is 0.560. The van der Waals surface area contributed by atoms with E-state index < -0.39 is 0 Å². The van der Waals surface area contributed by atoms with Gasteiger partial charge in [0, 0.05) is 5.92 Å². The average Bonchev–Trinajstić information content (AvgIpc) is 2.83. The molecule has 0 amide bonds. The van der Waals surface area contributed by atoms with Crippen LogP contribution in [-0.2, 0) is 0 Å². The lowest BCUT2D eigenvalue weighted by molar-refractivity contribution is 0.370. The van der Waals surface area contributed by atoms with Gasteiger partial charge in [-0.25, -0.2) is 0 Å². The second-order valence-corrected chi connectivity index (χ2v) is 12.4. The van der Waals surface area contributed by atoms with Crippen LogP contribution in [0.3, 0.4) is 0 Å². The van der Waals surface area contributed by atoms with Gasteiger partial charge < -0.3 is 0 Å². The van der Waals surface area contributed by atoms with Gasteiger partial charge in [-0.05, 0) is 95.1 Å². The second kappa shape index (κ2) is 11.0. The number of allylic oxidation sites excluding steroid dienone is 4. The summed E-state index contributed by atoms with van der Waals surface area (Å²) in [5.41, 5.74) is 10.0. The van der Waals surface area contributed by atoms with Crippen molar-refractivity contribution in [2.45, 2.75) is 136 Å². The van der Waals surface area contributed by atoms with E-state index >= 15 is 0 Å². The molecule has 0 heterocycles. The van der Waals surface area contributed by atoms with Crippen molar-refractivity contribution in [1.29, 1.82) is 0 Å². The summed E-state index contributed by atoms with van der Waals surface area (Å²) in [5.74, 6) is 3.95. The summed E-state index contributed by atoms with van der Waals surface area (Å²) in [6.45, 7) is 14.3. The molecule has 0 nitrogen and oxygen atoms in total. The zero-order valence-corrected chi connectivity index (χ0v) is 22.6. The van der Waals surface area contributed by atoms with Gasteiger partial charge in [0.1, 0.15) is 0 Å². The molecule has 0 bridgehead atoms. The Morgan fingerprint density at radius 2 is 1.09 bits per heavy atom. The standard InChI is InChI=1S/C33H50/c1-22(2)28-20-30(23(3)4)33(31(21-28)24(5)6)27-17-18-29(25-13-9-7-10-14-25)32(19-27)26-15-11-8-12-16-26/h18-27H,7-17H2,1-6H3/t27-/m1/s1. The van der Waals surface area contributed by atoms with E-state index in [1.54, 1.807) is 27.8 Å². The van der Waals surface area contributed by atoms with Gasteiger partial charge in [-0.15, -0.1) is 0 Å². The SMILES string of the molecule is CC(C)c1cc(C(C)C)c([C@H]2C=C(C3CCCCC3)C(C3CCCCC3)=CC2)c(C(C)C)c1. The number of benzene rings is 1. The van der Waals surface area contributed by atoms with E-state index in [0.29, 0.717) is 23.7 Å². The molecule has 0 heteroatoms. The van der Waals surface area contributed by atoms with E-state index in [1.807, 2.05) is 0 Å². The molecule has 0 aromatic heterocycles. The third kappa shape index (κ3) is 5.52. The molecule has 33 heavy (non-hydrogen) atoms. The van der Waals surface area contributed by atoms with Crippen LogP contribution < -0.4 is 0 Å². The molecule has 1 aromatic carbocycles. The quantitative estimate of drug-likeness (QED) is 0.407. The summed E-state index contributed by atoms with van der Waals surface area (Å²) < 4.78 is 0. The largest absolute Gasteiger partial charge is 0.0798 e. The number of rotatable bonds is 6. The monoisotopic (exact) mass is 446 g/mol. The Hall–Kier alpha value is -1.30. The second-order valence-electron chi connectivity index (χ2n) is 12.4. The maximum absolute atomic E-state index is 2.81. The summed E-state index contributed by atoms with van der Waals surface area (Å²) in [7, 11) is 0. The molecule has 1 aromatic rings. The van der Waals surface area contributed by atoms with Crippen molar-refractivity contribution < 1.29 is 0 Å². The molecule has 2 fully saturated rings. The van der Waals surface area contributed by atoms with Gasteiger partial charge in [0.05, 0.1) is 0 Å². The van der Waals surface area contributed by atoms with Crippen LogP contribution in [0.5, 0.6) is 0 Å². The third-order valence-corrected chi connectivity index (χ3v) is 8.94.